The van der Waals surface area contributed by atoms with Gasteiger partial charge in [-0.05, 0) is 25.5 Å². The number of aromatic nitrogens is 4. The van der Waals surface area contributed by atoms with Gasteiger partial charge in [0.25, 0.3) is 0 Å². The number of nitrogens with zero attached hydrogens (tertiary/aromatic N) is 5. The van der Waals surface area contributed by atoms with E-state index in [0.717, 1.165) is 29.2 Å². The van der Waals surface area contributed by atoms with Crippen LogP contribution in [-0.2, 0) is 18.4 Å². The van der Waals surface area contributed by atoms with Crippen molar-refractivity contribution in [2.24, 2.45) is 7.05 Å². The van der Waals surface area contributed by atoms with Crippen molar-refractivity contribution in [1.82, 2.24) is 24.9 Å². The van der Waals surface area contributed by atoms with Crippen molar-refractivity contribution in [3.05, 3.63) is 60.0 Å². The lowest BCUT2D eigenvalue weighted by molar-refractivity contribution is -0.118. The Morgan fingerprint density at radius 2 is 2.00 bits per heavy atom. The predicted molar refractivity (Wildman–Crippen MR) is 99.1 cm³/mol. The largest absolute Gasteiger partial charge is 0.302 e. The Hall–Kier alpha value is -2.93. The number of hydrogen-bond acceptors (Lipinski definition) is 4. The third kappa shape index (κ3) is 3.13. The zero-order valence-electron chi connectivity index (χ0n) is 15.0. The maximum absolute atomic E-state index is 12.6. The van der Waals surface area contributed by atoms with E-state index in [-0.39, 0.29) is 11.9 Å². The van der Waals surface area contributed by atoms with Crippen molar-refractivity contribution < 1.29 is 4.79 Å². The van der Waals surface area contributed by atoms with Crippen LogP contribution in [0.3, 0.4) is 0 Å². The van der Waals surface area contributed by atoms with Gasteiger partial charge in [-0.3, -0.25) is 14.4 Å². The monoisotopic (exact) mass is 350 g/mol. The molecule has 1 aliphatic rings. The number of amides is 1. The minimum absolute atomic E-state index is 0.0804. The Morgan fingerprint density at radius 3 is 2.73 bits per heavy atom. The van der Waals surface area contributed by atoms with Crippen LogP contribution in [0.4, 0.5) is 5.82 Å². The van der Waals surface area contributed by atoms with Gasteiger partial charge in [-0.1, -0.05) is 18.2 Å². The molecule has 4 rings (SSSR count). The molecule has 0 bridgehead atoms. The maximum Gasteiger partial charge on any atom is 0.245 e. The molecule has 134 valence electrons. The summed E-state index contributed by atoms with van der Waals surface area (Å²) in [5.74, 6) is 0.798. The zero-order valence-corrected chi connectivity index (χ0v) is 15.0. The van der Waals surface area contributed by atoms with Crippen LogP contribution in [0.2, 0.25) is 0 Å². The summed E-state index contributed by atoms with van der Waals surface area (Å²) >= 11 is 0. The number of carbonyl (C=O) groups is 1. The summed E-state index contributed by atoms with van der Waals surface area (Å²) in [5.41, 5.74) is 3.09. The van der Waals surface area contributed by atoms with Gasteiger partial charge in [-0.2, -0.15) is 10.2 Å². The van der Waals surface area contributed by atoms with E-state index in [4.69, 9.17) is 0 Å². The summed E-state index contributed by atoms with van der Waals surface area (Å²) in [6.45, 7) is 3.30. The van der Waals surface area contributed by atoms with E-state index in [0.29, 0.717) is 13.1 Å². The molecule has 1 N–H and O–H groups in total. The van der Waals surface area contributed by atoms with Crippen LogP contribution in [0, 0.1) is 6.92 Å². The van der Waals surface area contributed by atoms with E-state index in [1.807, 2.05) is 67.4 Å². The molecule has 7 heteroatoms. The van der Waals surface area contributed by atoms with E-state index < -0.39 is 0 Å². The molecule has 3 aromatic rings. The third-order valence-electron chi connectivity index (χ3n) is 4.74. The molecule has 0 spiro atoms. The molecule has 1 atom stereocenters. The number of rotatable bonds is 5. The maximum atomic E-state index is 12.6. The van der Waals surface area contributed by atoms with Gasteiger partial charge in [0.05, 0.1) is 17.4 Å². The topological polar surface area (TPSA) is 68.0 Å². The summed E-state index contributed by atoms with van der Waals surface area (Å²) in [7, 11) is 1.85. The summed E-state index contributed by atoms with van der Waals surface area (Å²) in [5, 5.41) is 12.3. The molecule has 3 heterocycles. The standard InChI is InChI=1S/C19H22N6O/c1-14-15(13-25(21-14)16-6-4-3-5-7-16)12-20-17-8-11-24(19(17)26)18-9-10-23(2)22-18/h3-7,9-10,13,17,20H,8,11-12H2,1-2H3. The van der Waals surface area contributed by atoms with Crippen molar-refractivity contribution >= 4 is 11.7 Å². The molecule has 1 unspecified atom stereocenters. The average molecular weight is 350 g/mol. The van der Waals surface area contributed by atoms with Crippen LogP contribution in [0.25, 0.3) is 5.69 Å². The van der Waals surface area contributed by atoms with Crippen molar-refractivity contribution in [2.45, 2.75) is 25.9 Å². The Balaban J connectivity index is 1.42. The smallest absolute Gasteiger partial charge is 0.245 e. The summed E-state index contributed by atoms with van der Waals surface area (Å²) in [4.78, 5) is 14.4. The van der Waals surface area contributed by atoms with Gasteiger partial charge in [0.1, 0.15) is 0 Å². The highest BCUT2D eigenvalue weighted by molar-refractivity contribution is 5.98. The predicted octanol–water partition coefficient (Wildman–Crippen LogP) is 1.81. The zero-order chi connectivity index (χ0) is 18.1. The molecular formula is C19H22N6O. The molecule has 0 radical (unpaired) electrons. The van der Waals surface area contributed by atoms with E-state index in [2.05, 4.69) is 15.5 Å². The van der Waals surface area contributed by atoms with E-state index in [1.54, 1.807) is 9.58 Å². The second kappa shape index (κ2) is 6.76. The number of anilines is 1. The molecule has 1 aliphatic heterocycles. The highest BCUT2D eigenvalue weighted by Gasteiger charge is 2.33. The molecule has 7 nitrogen and oxygen atoms in total. The van der Waals surface area contributed by atoms with Gasteiger partial charge in [0.2, 0.25) is 5.91 Å². The summed E-state index contributed by atoms with van der Waals surface area (Å²) < 4.78 is 3.59. The Labute approximate surface area is 152 Å². The van der Waals surface area contributed by atoms with Gasteiger partial charge in [0, 0.05) is 44.2 Å². The average Bonchev–Trinajstić information content (AvgIpc) is 3.33. The molecule has 26 heavy (non-hydrogen) atoms. The summed E-state index contributed by atoms with van der Waals surface area (Å²) in [6.07, 6.45) is 4.65. The normalized spacial score (nSPS) is 17.2. The van der Waals surface area contributed by atoms with Crippen molar-refractivity contribution in [3.8, 4) is 5.69 Å². The molecule has 1 aromatic carbocycles. The number of hydrogen-bond donors (Lipinski definition) is 1. The Morgan fingerprint density at radius 1 is 1.19 bits per heavy atom. The number of para-hydroxylation sites is 1. The van der Waals surface area contributed by atoms with Gasteiger partial charge >= 0.3 is 0 Å². The first-order chi connectivity index (χ1) is 12.6. The lowest BCUT2D eigenvalue weighted by atomic mass is 10.2. The van der Waals surface area contributed by atoms with Crippen LogP contribution in [-0.4, -0.2) is 38.1 Å². The van der Waals surface area contributed by atoms with Gasteiger partial charge in [0.15, 0.2) is 5.82 Å². The number of carbonyl (C=O) groups excluding carboxylic acids is 1. The molecule has 1 saturated heterocycles. The highest BCUT2D eigenvalue weighted by atomic mass is 16.2. The van der Waals surface area contributed by atoms with E-state index >= 15 is 0 Å². The number of nitrogens with one attached hydrogen (secondary N) is 1. The van der Waals surface area contributed by atoms with Crippen LogP contribution in [0.15, 0.2) is 48.8 Å². The summed E-state index contributed by atoms with van der Waals surface area (Å²) in [6, 6.07) is 11.7. The first kappa shape index (κ1) is 16.5. The molecule has 1 fully saturated rings. The van der Waals surface area contributed by atoms with Crippen LogP contribution in [0.1, 0.15) is 17.7 Å². The van der Waals surface area contributed by atoms with Gasteiger partial charge in [-0.15, -0.1) is 0 Å². The molecule has 0 aliphatic carbocycles. The molecule has 0 saturated carbocycles. The fourth-order valence-electron chi connectivity index (χ4n) is 3.26. The Bertz CT molecular complexity index is 913. The fraction of sp³-hybridized carbons (Fsp3) is 0.316. The fourth-order valence-corrected chi connectivity index (χ4v) is 3.26. The number of aryl methyl sites for hydroxylation is 2. The van der Waals surface area contributed by atoms with Crippen molar-refractivity contribution in [2.75, 3.05) is 11.4 Å². The van der Waals surface area contributed by atoms with Crippen LogP contribution < -0.4 is 10.2 Å². The molecule has 2 aromatic heterocycles. The first-order valence-electron chi connectivity index (χ1n) is 8.77. The molecule has 1 amide bonds. The second-order valence-electron chi connectivity index (χ2n) is 6.58. The SMILES string of the molecule is Cc1nn(-c2ccccc2)cc1CNC1CCN(c2ccn(C)n2)C1=O. The van der Waals surface area contributed by atoms with E-state index in [1.165, 1.54) is 0 Å². The Kier molecular flexibility index (Phi) is 4.30. The van der Waals surface area contributed by atoms with Crippen LogP contribution in [0.5, 0.6) is 0 Å². The minimum atomic E-state index is -0.184. The highest BCUT2D eigenvalue weighted by Crippen LogP contribution is 2.20. The van der Waals surface area contributed by atoms with Gasteiger partial charge < -0.3 is 5.32 Å². The second-order valence-corrected chi connectivity index (χ2v) is 6.58. The third-order valence-corrected chi connectivity index (χ3v) is 4.74. The van der Waals surface area contributed by atoms with Crippen molar-refractivity contribution in [3.63, 3.8) is 0 Å². The van der Waals surface area contributed by atoms with Crippen molar-refractivity contribution in [1.29, 1.82) is 0 Å². The van der Waals surface area contributed by atoms with Gasteiger partial charge in [-0.25, -0.2) is 4.68 Å². The lowest BCUT2D eigenvalue weighted by Crippen LogP contribution is -2.38. The lowest BCUT2D eigenvalue weighted by Gasteiger charge is -2.14. The van der Waals surface area contributed by atoms with E-state index in [9.17, 15) is 4.79 Å². The molecular weight excluding hydrogens is 328 g/mol. The minimum Gasteiger partial charge on any atom is -0.302 e. The quantitative estimate of drug-likeness (QED) is 0.762. The first-order valence-corrected chi connectivity index (χ1v) is 8.77. The van der Waals surface area contributed by atoms with Crippen LogP contribution >= 0.6 is 0 Å². The number of benzene rings is 1.